The van der Waals surface area contributed by atoms with Crippen molar-refractivity contribution < 1.29 is 4.79 Å². The number of thiazole rings is 1. The van der Waals surface area contributed by atoms with E-state index in [1.807, 2.05) is 18.2 Å². The van der Waals surface area contributed by atoms with Crippen LogP contribution in [-0.2, 0) is 0 Å². The van der Waals surface area contributed by atoms with Crippen LogP contribution in [0.5, 0.6) is 0 Å². The van der Waals surface area contributed by atoms with E-state index in [1.54, 1.807) is 0 Å². The number of benzene rings is 1. The fourth-order valence-corrected chi connectivity index (χ4v) is 3.99. The minimum atomic E-state index is 0.00951. The zero-order valence-corrected chi connectivity index (χ0v) is 13.2. The van der Waals surface area contributed by atoms with Crippen molar-refractivity contribution in [2.24, 2.45) is 11.8 Å². The number of hydrogen-bond donors (Lipinski definition) is 2. The highest BCUT2D eigenvalue weighted by molar-refractivity contribution is 7.22. The molecule has 21 heavy (non-hydrogen) atoms. The highest BCUT2D eigenvalue weighted by Crippen LogP contribution is 2.29. The summed E-state index contributed by atoms with van der Waals surface area (Å²) in [5, 5.41) is 3.73. The molecule has 4 nitrogen and oxygen atoms in total. The van der Waals surface area contributed by atoms with E-state index in [4.69, 9.17) is 5.73 Å². The maximum absolute atomic E-state index is 12.4. The molecule has 1 aliphatic rings. The van der Waals surface area contributed by atoms with Gasteiger partial charge >= 0.3 is 0 Å². The van der Waals surface area contributed by atoms with Gasteiger partial charge in [-0.3, -0.25) is 4.79 Å². The number of carbonyl (C=O) groups excluding carboxylic acids is 1. The summed E-state index contributed by atoms with van der Waals surface area (Å²) in [6, 6.07) is 5.86. The van der Waals surface area contributed by atoms with Crippen LogP contribution in [0.25, 0.3) is 10.2 Å². The molecule has 0 saturated heterocycles. The van der Waals surface area contributed by atoms with Crippen molar-refractivity contribution >= 4 is 32.6 Å². The van der Waals surface area contributed by atoms with E-state index in [9.17, 15) is 4.79 Å². The van der Waals surface area contributed by atoms with Crippen LogP contribution in [0.4, 0.5) is 5.13 Å². The lowest BCUT2D eigenvalue weighted by Gasteiger charge is -2.33. The monoisotopic (exact) mass is 303 g/mol. The van der Waals surface area contributed by atoms with Crippen LogP contribution in [0.15, 0.2) is 18.2 Å². The maximum atomic E-state index is 12.4. The molecule has 1 saturated carbocycles. The molecular formula is C16H21N3OS. The minimum Gasteiger partial charge on any atom is -0.375 e. The van der Waals surface area contributed by atoms with Crippen molar-refractivity contribution in [3.8, 4) is 0 Å². The van der Waals surface area contributed by atoms with Gasteiger partial charge in [-0.05, 0) is 49.3 Å². The van der Waals surface area contributed by atoms with E-state index in [-0.39, 0.29) is 11.9 Å². The Balaban J connectivity index is 1.74. The molecule has 3 rings (SSSR count). The number of carbonyl (C=O) groups is 1. The van der Waals surface area contributed by atoms with Crippen molar-refractivity contribution in [3.63, 3.8) is 0 Å². The summed E-state index contributed by atoms with van der Waals surface area (Å²) in [4.78, 5) is 16.6. The van der Waals surface area contributed by atoms with Crippen LogP contribution in [0.1, 0.15) is 43.5 Å². The Labute approximate surface area is 128 Å². The first-order valence-corrected chi connectivity index (χ1v) is 8.31. The normalized spacial score (nSPS) is 25.9. The van der Waals surface area contributed by atoms with E-state index >= 15 is 0 Å². The third-order valence-electron chi connectivity index (χ3n) is 4.42. The van der Waals surface area contributed by atoms with Gasteiger partial charge in [0.05, 0.1) is 10.2 Å². The molecule has 1 aliphatic carbocycles. The Morgan fingerprint density at radius 2 is 2.19 bits per heavy atom. The van der Waals surface area contributed by atoms with Crippen molar-refractivity contribution in [3.05, 3.63) is 23.8 Å². The Hall–Kier alpha value is -1.62. The van der Waals surface area contributed by atoms with E-state index < -0.39 is 0 Å². The lowest BCUT2D eigenvalue weighted by Crippen LogP contribution is -2.42. The van der Waals surface area contributed by atoms with E-state index in [0.29, 0.717) is 16.6 Å². The van der Waals surface area contributed by atoms with Crippen LogP contribution in [-0.4, -0.2) is 16.9 Å². The fourth-order valence-electron chi connectivity index (χ4n) is 3.22. The number of nitrogens with zero attached hydrogens (tertiary/aromatic N) is 1. The number of nitrogen functional groups attached to an aromatic ring is 1. The van der Waals surface area contributed by atoms with Gasteiger partial charge in [0.2, 0.25) is 0 Å². The molecule has 1 heterocycles. The molecule has 0 bridgehead atoms. The van der Waals surface area contributed by atoms with Gasteiger partial charge in [0.15, 0.2) is 5.13 Å². The van der Waals surface area contributed by atoms with Crippen LogP contribution in [0.3, 0.4) is 0 Å². The smallest absolute Gasteiger partial charge is 0.251 e. The first-order valence-electron chi connectivity index (χ1n) is 7.50. The van der Waals surface area contributed by atoms with E-state index in [1.165, 1.54) is 24.2 Å². The number of rotatable bonds is 2. The van der Waals surface area contributed by atoms with Gasteiger partial charge < -0.3 is 11.1 Å². The summed E-state index contributed by atoms with van der Waals surface area (Å²) < 4.78 is 0.963. The average molecular weight is 303 g/mol. The van der Waals surface area contributed by atoms with Crippen LogP contribution < -0.4 is 11.1 Å². The van der Waals surface area contributed by atoms with Crippen LogP contribution in [0.2, 0.25) is 0 Å². The van der Waals surface area contributed by atoms with Gasteiger partial charge in [0.25, 0.3) is 5.91 Å². The largest absolute Gasteiger partial charge is 0.375 e. The summed E-state index contributed by atoms with van der Waals surface area (Å²) in [7, 11) is 0. The molecule has 5 heteroatoms. The van der Waals surface area contributed by atoms with Gasteiger partial charge in [0, 0.05) is 11.6 Å². The van der Waals surface area contributed by atoms with Gasteiger partial charge in [-0.1, -0.05) is 25.2 Å². The van der Waals surface area contributed by atoms with Crippen molar-refractivity contribution in [2.45, 2.75) is 39.2 Å². The molecule has 1 aromatic carbocycles. The van der Waals surface area contributed by atoms with Crippen molar-refractivity contribution in [1.82, 2.24) is 10.3 Å². The topological polar surface area (TPSA) is 68.0 Å². The Kier molecular flexibility index (Phi) is 3.85. The number of hydrogen-bond acceptors (Lipinski definition) is 4. The van der Waals surface area contributed by atoms with Crippen molar-refractivity contribution in [2.75, 3.05) is 5.73 Å². The lowest BCUT2D eigenvalue weighted by atomic mass is 9.80. The molecule has 0 spiro atoms. The molecule has 0 radical (unpaired) electrons. The molecule has 3 N–H and O–H groups in total. The summed E-state index contributed by atoms with van der Waals surface area (Å²) >= 11 is 1.42. The minimum absolute atomic E-state index is 0.00951. The average Bonchev–Trinajstić information content (AvgIpc) is 2.80. The fraction of sp³-hybridized carbons (Fsp3) is 0.500. The first-order chi connectivity index (χ1) is 10.0. The third kappa shape index (κ3) is 3.02. The molecule has 1 fully saturated rings. The number of fused-ring (bicyclic) bond motifs is 1. The summed E-state index contributed by atoms with van der Waals surface area (Å²) in [5.74, 6) is 1.32. The molecule has 3 atom stereocenters. The Morgan fingerprint density at radius 3 is 2.95 bits per heavy atom. The zero-order valence-electron chi connectivity index (χ0n) is 12.4. The maximum Gasteiger partial charge on any atom is 0.251 e. The molecule has 112 valence electrons. The number of nitrogens with two attached hydrogens (primary N) is 1. The lowest BCUT2D eigenvalue weighted by molar-refractivity contribution is 0.0900. The summed E-state index contributed by atoms with van der Waals surface area (Å²) in [5.41, 5.74) is 7.25. The van der Waals surface area contributed by atoms with E-state index in [2.05, 4.69) is 24.1 Å². The molecule has 3 unspecified atom stereocenters. The van der Waals surface area contributed by atoms with Gasteiger partial charge in [0.1, 0.15) is 0 Å². The molecule has 2 aromatic rings. The predicted molar refractivity (Wildman–Crippen MR) is 87.5 cm³/mol. The van der Waals surface area contributed by atoms with Gasteiger partial charge in [-0.25, -0.2) is 4.98 Å². The summed E-state index contributed by atoms with van der Waals surface area (Å²) in [6.45, 7) is 4.52. The highest BCUT2D eigenvalue weighted by Gasteiger charge is 2.26. The van der Waals surface area contributed by atoms with Gasteiger partial charge in [-0.15, -0.1) is 0 Å². The number of amides is 1. The van der Waals surface area contributed by atoms with Crippen LogP contribution >= 0.6 is 11.3 Å². The second kappa shape index (κ2) is 5.64. The Morgan fingerprint density at radius 1 is 1.38 bits per heavy atom. The summed E-state index contributed by atoms with van der Waals surface area (Å²) in [6.07, 6.45) is 3.46. The number of anilines is 1. The van der Waals surface area contributed by atoms with Gasteiger partial charge in [-0.2, -0.15) is 0 Å². The molecule has 1 aromatic heterocycles. The van der Waals surface area contributed by atoms with E-state index in [0.717, 1.165) is 22.6 Å². The first kappa shape index (κ1) is 14.3. The number of aromatic nitrogens is 1. The predicted octanol–water partition coefficient (Wildman–Crippen LogP) is 3.43. The van der Waals surface area contributed by atoms with Crippen LogP contribution in [0, 0.1) is 11.8 Å². The quantitative estimate of drug-likeness (QED) is 0.893. The van der Waals surface area contributed by atoms with Crippen molar-refractivity contribution in [1.29, 1.82) is 0 Å². The number of nitrogens with one attached hydrogen (secondary N) is 1. The Bertz CT molecular complexity index is 667. The third-order valence-corrected chi connectivity index (χ3v) is 5.26. The second-order valence-electron chi connectivity index (χ2n) is 6.21. The highest BCUT2D eigenvalue weighted by atomic mass is 32.1. The SMILES string of the molecule is CC1CCC(NC(=O)c2ccc3nc(N)sc3c2)C(C)C1. The zero-order chi connectivity index (χ0) is 15.0. The molecular weight excluding hydrogens is 282 g/mol. The standard InChI is InChI=1S/C16H21N3OS/c1-9-3-5-12(10(2)7-9)18-15(20)11-4-6-13-14(8-11)21-16(17)19-13/h4,6,8-10,12H,3,5,7H2,1-2H3,(H2,17,19)(H,18,20). The molecule has 1 amide bonds. The molecule has 0 aliphatic heterocycles. The second-order valence-corrected chi connectivity index (χ2v) is 7.27.